The summed E-state index contributed by atoms with van der Waals surface area (Å²) in [6.45, 7) is 7.25. The van der Waals surface area contributed by atoms with Crippen LogP contribution in [0.2, 0.25) is 0 Å². The lowest BCUT2D eigenvalue weighted by Crippen LogP contribution is -2.21. The lowest BCUT2D eigenvalue weighted by Gasteiger charge is -2.04. The first-order valence-corrected chi connectivity index (χ1v) is 8.25. The molecule has 0 bridgehead atoms. The third-order valence-corrected chi connectivity index (χ3v) is 4.35. The van der Waals surface area contributed by atoms with Gasteiger partial charge in [-0.2, -0.15) is 0 Å². The van der Waals surface area contributed by atoms with Crippen LogP contribution in [0.5, 0.6) is 0 Å². The maximum absolute atomic E-state index is 6.04. The number of benzene rings is 1. The van der Waals surface area contributed by atoms with E-state index >= 15 is 0 Å². The standard InChI is InChI=1S/C17H20N2OS/c1-4-12-13-7-5-6-8-15(13)20-17(12)14-10-21-16(19-14)9-18-11(2)3/h5-8,10-11,18H,4,9H2,1-3H3. The molecule has 110 valence electrons. The van der Waals surface area contributed by atoms with Gasteiger partial charge in [0.2, 0.25) is 0 Å². The fourth-order valence-corrected chi connectivity index (χ4v) is 3.17. The fraction of sp³-hybridized carbons (Fsp3) is 0.353. The van der Waals surface area contributed by atoms with Crippen molar-refractivity contribution in [2.24, 2.45) is 0 Å². The van der Waals surface area contributed by atoms with Crippen LogP contribution in [-0.4, -0.2) is 11.0 Å². The van der Waals surface area contributed by atoms with Gasteiger partial charge < -0.3 is 9.73 Å². The normalized spacial score (nSPS) is 11.6. The molecule has 1 aromatic carbocycles. The van der Waals surface area contributed by atoms with Gasteiger partial charge in [0.25, 0.3) is 0 Å². The monoisotopic (exact) mass is 300 g/mol. The lowest BCUT2D eigenvalue weighted by atomic mass is 10.1. The minimum absolute atomic E-state index is 0.467. The Labute approximate surface area is 129 Å². The molecule has 0 aliphatic heterocycles. The van der Waals surface area contributed by atoms with Gasteiger partial charge in [0, 0.05) is 28.9 Å². The first-order chi connectivity index (χ1) is 10.2. The van der Waals surface area contributed by atoms with E-state index in [1.54, 1.807) is 11.3 Å². The van der Waals surface area contributed by atoms with E-state index < -0.39 is 0 Å². The molecule has 3 aromatic rings. The number of furan rings is 1. The van der Waals surface area contributed by atoms with Gasteiger partial charge >= 0.3 is 0 Å². The summed E-state index contributed by atoms with van der Waals surface area (Å²) in [4.78, 5) is 4.72. The second-order valence-corrected chi connectivity index (χ2v) is 6.36. The number of fused-ring (bicyclic) bond motifs is 1. The van der Waals surface area contributed by atoms with E-state index in [9.17, 15) is 0 Å². The van der Waals surface area contributed by atoms with E-state index in [0.717, 1.165) is 35.0 Å². The van der Waals surface area contributed by atoms with Gasteiger partial charge in [-0.15, -0.1) is 11.3 Å². The molecule has 0 fully saturated rings. The zero-order valence-corrected chi connectivity index (χ0v) is 13.5. The highest BCUT2D eigenvalue weighted by atomic mass is 32.1. The molecular weight excluding hydrogens is 280 g/mol. The first kappa shape index (κ1) is 14.3. The number of aryl methyl sites for hydroxylation is 1. The Bertz CT molecular complexity index is 742. The predicted octanol–water partition coefficient (Wildman–Crippen LogP) is 4.62. The Morgan fingerprint density at radius 1 is 1.29 bits per heavy atom. The first-order valence-electron chi connectivity index (χ1n) is 7.37. The third kappa shape index (κ3) is 2.87. The molecule has 0 spiro atoms. The summed E-state index contributed by atoms with van der Waals surface area (Å²) >= 11 is 1.68. The highest BCUT2D eigenvalue weighted by Crippen LogP contribution is 2.34. The molecule has 3 nitrogen and oxygen atoms in total. The second-order valence-electron chi connectivity index (χ2n) is 5.42. The van der Waals surface area contributed by atoms with Gasteiger partial charge in [-0.05, 0) is 12.5 Å². The van der Waals surface area contributed by atoms with Gasteiger partial charge in [-0.25, -0.2) is 4.98 Å². The Balaban J connectivity index is 1.96. The van der Waals surface area contributed by atoms with Crippen molar-refractivity contribution in [3.05, 3.63) is 40.2 Å². The van der Waals surface area contributed by atoms with Crippen LogP contribution in [0, 0.1) is 0 Å². The number of hydrogen-bond donors (Lipinski definition) is 1. The van der Waals surface area contributed by atoms with E-state index in [0.29, 0.717) is 6.04 Å². The van der Waals surface area contributed by atoms with Crippen molar-refractivity contribution in [2.45, 2.75) is 39.8 Å². The summed E-state index contributed by atoms with van der Waals surface area (Å²) < 4.78 is 6.04. The predicted molar refractivity (Wildman–Crippen MR) is 88.7 cm³/mol. The SMILES string of the molecule is CCc1c(-c2csc(CNC(C)C)n2)oc2ccccc12. The molecule has 0 saturated carbocycles. The molecule has 3 rings (SSSR count). The summed E-state index contributed by atoms with van der Waals surface area (Å²) in [5, 5.41) is 7.79. The number of nitrogens with zero attached hydrogens (tertiary/aromatic N) is 1. The molecule has 0 unspecified atom stereocenters. The smallest absolute Gasteiger partial charge is 0.157 e. The molecule has 4 heteroatoms. The van der Waals surface area contributed by atoms with Crippen LogP contribution in [-0.2, 0) is 13.0 Å². The van der Waals surface area contributed by atoms with Crippen molar-refractivity contribution >= 4 is 22.3 Å². The van der Waals surface area contributed by atoms with Gasteiger partial charge in [0.15, 0.2) is 5.76 Å². The van der Waals surface area contributed by atoms with Crippen LogP contribution in [0.4, 0.5) is 0 Å². The largest absolute Gasteiger partial charge is 0.454 e. The van der Waals surface area contributed by atoms with Crippen LogP contribution in [0.15, 0.2) is 34.1 Å². The molecule has 2 heterocycles. The topological polar surface area (TPSA) is 38.1 Å². The molecule has 0 aliphatic carbocycles. The fourth-order valence-electron chi connectivity index (χ4n) is 2.44. The molecule has 0 aliphatic rings. The van der Waals surface area contributed by atoms with Crippen LogP contribution >= 0.6 is 11.3 Å². The molecular formula is C17H20N2OS. The molecule has 21 heavy (non-hydrogen) atoms. The van der Waals surface area contributed by atoms with E-state index in [-0.39, 0.29) is 0 Å². The van der Waals surface area contributed by atoms with E-state index in [1.165, 1.54) is 10.9 Å². The van der Waals surface area contributed by atoms with Crippen molar-refractivity contribution in [3.8, 4) is 11.5 Å². The highest BCUT2D eigenvalue weighted by molar-refractivity contribution is 7.09. The van der Waals surface area contributed by atoms with E-state index in [2.05, 4.69) is 43.6 Å². The minimum atomic E-state index is 0.467. The van der Waals surface area contributed by atoms with Crippen LogP contribution < -0.4 is 5.32 Å². The number of aromatic nitrogens is 1. The van der Waals surface area contributed by atoms with Gasteiger partial charge in [-0.3, -0.25) is 0 Å². The average Bonchev–Trinajstić information content (AvgIpc) is 3.08. The van der Waals surface area contributed by atoms with E-state index in [4.69, 9.17) is 9.40 Å². The van der Waals surface area contributed by atoms with Crippen LogP contribution in [0.3, 0.4) is 0 Å². The Morgan fingerprint density at radius 3 is 2.86 bits per heavy atom. The molecule has 0 atom stereocenters. The van der Waals surface area contributed by atoms with Crippen molar-refractivity contribution in [1.29, 1.82) is 0 Å². The van der Waals surface area contributed by atoms with Gasteiger partial charge in [0.05, 0.1) is 0 Å². The summed E-state index contributed by atoms with van der Waals surface area (Å²) in [5.74, 6) is 0.922. The zero-order valence-electron chi connectivity index (χ0n) is 12.6. The Morgan fingerprint density at radius 2 is 2.10 bits per heavy atom. The van der Waals surface area contributed by atoms with E-state index in [1.807, 2.05) is 12.1 Å². The molecule has 0 saturated heterocycles. The average molecular weight is 300 g/mol. The molecule has 0 amide bonds. The number of hydrogen-bond acceptors (Lipinski definition) is 4. The maximum atomic E-state index is 6.04. The minimum Gasteiger partial charge on any atom is -0.454 e. The molecule has 0 radical (unpaired) electrons. The molecule has 2 aromatic heterocycles. The number of nitrogens with one attached hydrogen (secondary N) is 1. The number of thiazole rings is 1. The van der Waals surface area contributed by atoms with Crippen LogP contribution in [0.1, 0.15) is 31.3 Å². The van der Waals surface area contributed by atoms with Crippen molar-refractivity contribution in [2.75, 3.05) is 0 Å². The quantitative estimate of drug-likeness (QED) is 0.747. The van der Waals surface area contributed by atoms with Gasteiger partial charge in [0.1, 0.15) is 16.3 Å². The van der Waals surface area contributed by atoms with Crippen molar-refractivity contribution in [1.82, 2.24) is 10.3 Å². The number of rotatable bonds is 5. The van der Waals surface area contributed by atoms with Gasteiger partial charge in [-0.1, -0.05) is 39.0 Å². The summed E-state index contributed by atoms with van der Waals surface area (Å²) in [6, 6.07) is 8.67. The molecule has 1 N–H and O–H groups in total. The van der Waals surface area contributed by atoms with Crippen molar-refractivity contribution < 1.29 is 4.42 Å². The van der Waals surface area contributed by atoms with Crippen molar-refractivity contribution in [3.63, 3.8) is 0 Å². The maximum Gasteiger partial charge on any atom is 0.157 e. The summed E-state index contributed by atoms with van der Waals surface area (Å²) in [7, 11) is 0. The summed E-state index contributed by atoms with van der Waals surface area (Å²) in [6.07, 6.45) is 0.948. The lowest BCUT2D eigenvalue weighted by molar-refractivity contribution is 0.586. The second kappa shape index (κ2) is 6.00. The summed E-state index contributed by atoms with van der Waals surface area (Å²) in [5.41, 5.74) is 3.15. The highest BCUT2D eigenvalue weighted by Gasteiger charge is 2.16. The zero-order chi connectivity index (χ0) is 14.8. The Kier molecular flexibility index (Phi) is 4.08. The number of para-hydroxylation sites is 1. The Hall–Kier alpha value is -1.65. The third-order valence-electron chi connectivity index (χ3n) is 3.50. The van der Waals surface area contributed by atoms with Crippen LogP contribution in [0.25, 0.3) is 22.4 Å².